The summed E-state index contributed by atoms with van der Waals surface area (Å²) < 4.78 is 0.979. The lowest BCUT2D eigenvalue weighted by molar-refractivity contribution is -0.936. The number of allylic oxidation sites excluding steroid dienone is 2. The second kappa shape index (κ2) is 19.0. The van der Waals surface area contributed by atoms with Crippen LogP contribution in [0.4, 0.5) is 0 Å². The Morgan fingerprint density at radius 1 is 0.800 bits per heavy atom. The first-order valence-corrected chi connectivity index (χ1v) is 13.4. The third-order valence-corrected chi connectivity index (χ3v) is 6.99. The Balaban J connectivity index is 1.83. The maximum atomic E-state index is 9.40. The number of unbranched alkanes of at least 4 members (excludes halogenated alkanes) is 14. The fourth-order valence-corrected chi connectivity index (χ4v) is 4.82. The molecule has 0 aromatic rings. The first-order valence-electron chi connectivity index (χ1n) is 13.4. The van der Waals surface area contributed by atoms with Crippen LogP contribution < -0.4 is 0 Å². The topological polar surface area (TPSA) is 32.6 Å². The number of likely N-dealkylation sites (N-methyl/N-ethyl adjacent to an activating group) is 1. The molecule has 1 heterocycles. The quantitative estimate of drug-likeness (QED) is 0.117. The Labute approximate surface area is 188 Å². The molecule has 3 nitrogen and oxygen atoms in total. The van der Waals surface area contributed by atoms with Crippen molar-refractivity contribution in [3.8, 4) is 0 Å². The molecule has 0 radical (unpaired) electrons. The van der Waals surface area contributed by atoms with Gasteiger partial charge in [-0.25, -0.2) is 4.99 Å². The average molecular weight is 422 g/mol. The first-order chi connectivity index (χ1) is 14.8. The maximum absolute atomic E-state index is 9.40. The van der Waals surface area contributed by atoms with E-state index in [2.05, 4.69) is 32.2 Å². The summed E-state index contributed by atoms with van der Waals surface area (Å²) in [6.45, 7) is 7.72. The number of aliphatic hydroxyl groups excluding tert-OH is 1. The zero-order chi connectivity index (χ0) is 21.8. The van der Waals surface area contributed by atoms with Gasteiger partial charge in [0.1, 0.15) is 13.1 Å². The zero-order valence-electron chi connectivity index (χ0n) is 20.5. The van der Waals surface area contributed by atoms with E-state index in [0.717, 1.165) is 24.1 Å². The van der Waals surface area contributed by atoms with Crippen LogP contribution in [0.1, 0.15) is 123 Å². The molecular weight excluding hydrogens is 368 g/mol. The van der Waals surface area contributed by atoms with Crippen molar-refractivity contribution in [3.05, 3.63) is 12.2 Å². The standard InChI is InChI=1S/C27H53N2O/c1-3-5-6-7-8-9-10-11-12-13-14-15-16-17-18-19-20-21-22-27-28-23-24-29(27,4-2)25-26-30/h6-7,23,27,30H,3-5,8-22,24-26H2,1-2H3/q+1/b7-6+. The van der Waals surface area contributed by atoms with Crippen molar-refractivity contribution < 1.29 is 9.59 Å². The molecule has 0 saturated carbocycles. The Morgan fingerprint density at radius 2 is 1.33 bits per heavy atom. The summed E-state index contributed by atoms with van der Waals surface area (Å²) in [4.78, 5) is 4.73. The van der Waals surface area contributed by atoms with Crippen LogP contribution in [0.2, 0.25) is 0 Å². The van der Waals surface area contributed by atoms with E-state index >= 15 is 0 Å². The Morgan fingerprint density at radius 3 is 1.87 bits per heavy atom. The fourth-order valence-electron chi connectivity index (χ4n) is 4.82. The van der Waals surface area contributed by atoms with E-state index in [-0.39, 0.29) is 6.61 Å². The van der Waals surface area contributed by atoms with Crippen LogP contribution in [0.15, 0.2) is 17.1 Å². The number of hydrogen-bond acceptors (Lipinski definition) is 2. The van der Waals surface area contributed by atoms with Crippen LogP contribution in [0.25, 0.3) is 0 Å². The normalized spacial score (nSPS) is 21.2. The van der Waals surface area contributed by atoms with E-state index in [1.807, 2.05) is 0 Å². The van der Waals surface area contributed by atoms with Crippen LogP contribution in [0, 0.1) is 0 Å². The first kappa shape index (κ1) is 27.4. The van der Waals surface area contributed by atoms with Gasteiger partial charge in [0.15, 0.2) is 6.17 Å². The summed E-state index contributed by atoms with van der Waals surface area (Å²) in [5.74, 6) is 0. The molecule has 0 bridgehead atoms. The van der Waals surface area contributed by atoms with E-state index < -0.39 is 0 Å². The van der Waals surface area contributed by atoms with Gasteiger partial charge in [0.2, 0.25) is 0 Å². The van der Waals surface area contributed by atoms with Crippen molar-refractivity contribution in [1.29, 1.82) is 0 Å². The highest BCUT2D eigenvalue weighted by Gasteiger charge is 2.36. The van der Waals surface area contributed by atoms with E-state index in [1.54, 1.807) is 0 Å². The lowest BCUT2D eigenvalue weighted by Gasteiger charge is -2.37. The Bertz CT molecular complexity index is 435. The van der Waals surface area contributed by atoms with Gasteiger partial charge in [-0.05, 0) is 32.6 Å². The molecule has 0 fully saturated rings. The smallest absolute Gasteiger partial charge is 0.182 e. The molecule has 1 rings (SSSR count). The van der Waals surface area contributed by atoms with Gasteiger partial charge in [-0.15, -0.1) is 0 Å². The molecule has 0 saturated heterocycles. The molecule has 3 heteroatoms. The van der Waals surface area contributed by atoms with Gasteiger partial charge >= 0.3 is 0 Å². The summed E-state index contributed by atoms with van der Waals surface area (Å²) in [6.07, 6.45) is 30.5. The molecule has 0 aromatic carbocycles. The van der Waals surface area contributed by atoms with Gasteiger partial charge in [0.05, 0.1) is 19.4 Å². The van der Waals surface area contributed by atoms with Crippen LogP contribution in [-0.2, 0) is 0 Å². The van der Waals surface area contributed by atoms with Crippen LogP contribution in [0.3, 0.4) is 0 Å². The highest BCUT2D eigenvalue weighted by Crippen LogP contribution is 2.24. The molecule has 2 atom stereocenters. The number of hydrogen-bond donors (Lipinski definition) is 1. The van der Waals surface area contributed by atoms with Crippen LogP contribution in [0.5, 0.6) is 0 Å². The summed E-state index contributed by atoms with van der Waals surface area (Å²) in [5.41, 5.74) is 0. The molecule has 0 amide bonds. The van der Waals surface area contributed by atoms with E-state index in [0.29, 0.717) is 6.17 Å². The van der Waals surface area contributed by atoms with Gasteiger partial charge in [-0.2, -0.15) is 0 Å². The minimum atomic E-state index is 0.282. The summed E-state index contributed by atoms with van der Waals surface area (Å²) in [7, 11) is 0. The van der Waals surface area contributed by atoms with Crippen molar-refractivity contribution in [2.45, 2.75) is 129 Å². The van der Waals surface area contributed by atoms with Crippen LogP contribution in [-0.4, -0.2) is 48.2 Å². The molecule has 1 N–H and O–H groups in total. The van der Waals surface area contributed by atoms with E-state index in [9.17, 15) is 5.11 Å². The SMILES string of the molecule is CCC/C=C/CCCCCCCCCCCCCCCC1N=CC[N+]1(CC)CCO. The maximum Gasteiger partial charge on any atom is 0.182 e. The van der Waals surface area contributed by atoms with Gasteiger partial charge in [0, 0.05) is 6.42 Å². The number of aliphatic imine (C=N–C) groups is 1. The van der Waals surface area contributed by atoms with Crippen molar-refractivity contribution in [2.75, 3.05) is 26.2 Å². The molecule has 0 aromatic heterocycles. The zero-order valence-corrected chi connectivity index (χ0v) is 20.5. The van der Waals surface area contributed by atoms with Gasteiger partial charge < -0.3 is 5.11 Å². The summed E-state index contributed by atoms with van der Waals surface area (Å²) >= 11 is 0. The van der Waals surface area contributed by atoms with E-state index in [4.69, 9.17) is 4.99 Å². The third-order valence-electron chi connectivity index (χ3n) is 6.99. The van der Waals surface area contributed by atoms with Crippen molar-refractivity contribution >= 4 is 6.21 Å². The second-order valence-corrected chi connectivity index (χ2v) is 9.41. The molecule has 176 valence electrons. The number of nitrogens with zero attached hydrogens (tertiary/aromatic N) is 2. The average Bonchev–Trinajstić information content (AvgIpc) is 3.16. The van der Waals surface area contributed by atoms with E-state index in [1.165, 1.54) is 109 Å². The Hall–Kier alpha value is -0.670. The molecule has 2 unspecified atom stereocenters. The number of aliphatic hydroxyl groups is 1. The minimum Gasteiger partial charge on any atom is -0.391 e. The largest absolute Gasteiger partial charge is 0.391 e. The highest BCUT2D eigenvalue weighted by molar-refractivity contribution is 5.60. The Kier molecular flexibility index (Phi) is 17.4. The minimum absolute atomic E-state index is 0.282. The summed E-state index contributed by atoms with van der Waals surface area (Å²) in [5, 5.41) is 9.40. The fraction of sp³-hybridized carbons (Fsp3) is 0.889. The molecule has 1 aliphatic heterocycles. The highest BCUT2D eigenvalue weighted by atomic mass is 16.3. The predicted molar refractivity (Wildman–Crippen MR) is 133 cm³/mol. The monoisotopic (exact) mass is 421 g/mol. The summed E-state index contributed by atoms with van der Waals surface area (Å²) in [6, 6.07) is 0. The van der Waals surface area contributed by atoms with Crippen molar-refractivity contribution in [3.63, 3.8) is 0 Å². The lowest BCUT2D eigenvalue weighted by Crippen LogP contribution is -2.53. The van der Waals surface area contributed by atoms with Gasteiger partial charge in [-0.1, -0.05) is 96.1 Å². The predicted octanol–water partition coefficient (Wildman–Crippen LogP) is 7.43. The molecule has 30 heavy (non-hydrogen) atoms. The molecule has 0 spiro atoms. The van der Waals surface area contributed by atoms with Crippen molar-refractivity contribution in [2.24, 2.45) is 4.99 Å². The third kappa shape index (κ3) is 12.2. The van der Waals surface area contributed by atoms with Crippen LogP contribution >= 0.6 is 0 Å². The lowest BCUT2D eigenvalue weighted by atomic mass is 10.0. The second-order valence-electron chi connectivity index (χ2n) is 9.41. The molecular formula is C27H53N2O+. The number of rotatable bonds is 21. The van der Waals surface area contributed by atoms with Gasteiger partial charge in [0.25, 0.3) is 0 Å². The van der Waals surface area contributed by atoms with Crippen molar-refractivity contribution in [1.82, 2.24) is 0 Å². The molecule has 0 aliphatic carbocycles. The number of quaternary nitrogens is 1. The molecule has 1 aliphatic rings. The van der Waals surface area contributed by atoms with Gasteiger partial charge in [-0.3, -0.25) is 4.48 Å².